The van der Waals surface area contributed by atoms with E-state index < -0.39 is 0 Å². The summed E-state index contributed by atoms with van der Waals surface area (Å²) >= 11 is 1.24. The number of halogens is 1. The molecule has 0 heterocycles. The molecular formula is C8H18ClN3OS. The van der Waals surface area contributed by atoms with E-state index in [0.717, 1.165) is 0 Å². The van der Waals surface area contributed by atoms with Gasteiger partial charge in [-0.25, -0.2) is 0 Å². The van der Waals surface area contributed by atoms with E-state index in [4.69, 9.17) is 5.73 Å². The minimum Gasteiger partial charge on any atom is -0.379 e. The van der Waals surface area contributed by atoms with Crippen molar-refractivity contribution in [1.29, 1.82) is 0 Å². The molecule has 0 bridgehead atoms. The van der Waals surface area contributed by atoms with E-state index in [9.17, 15) is 4.79 Å². The Morgan fingerprint density at radius 1 is 1.50 bits per heavy atom. The van der Waals surface area contributed by atoms with Crippen molar-refractivity contribution in [2.75, 3.05) is 12.8 Å². The van der Waals surface area contributed by atoms with Gasteiger partial charge in [0.25, 0.3) is 0 Å². The number of aliphatic imine (C=N–C) groups is 1. The zero-order chi connectivity index (χ0) is 10.5. The van der Waals surface area contributed by atoms with Crippen LogP contribution < -0.4 is 11.1 Å². The van der Waals surface area contributed by atoms with Crippen LogP contribution in [0.2, 0.25) is 0 Å². The summed E-state index contributed by atoms with van der Waals surface area (Å²) in [4.78, 5) is 15.0. The smallest absolute Gasteiger partial charge is 0.230 e. The highest BCUT2D eigenvalue weighted by Gasteiger charge is 2.13. The lowest BCUT2D eigenvalue weighted by Crippen LogP contribution is -2.41. The van der Waals surface area contributed by atoms with E-state index in [1.54, 1.807) is 7.05 Å². The third kappa shape index (κ3) is 9.67. The minimum atomic E-state index is -0.185. The number of nitrogens with zero attached hydrogens (tertiary/aromatic N) is 1. The Balaban J connectivity index is 0. The zero-order valence-corrected chi connectivity index (χ0v) is 10.6. The van der Waals surface area contributed by atoms with Gasteiger partial charge in [-0.15, -0.1) is 12.4 Å². The van der Waals surface area contributed by atoms with Crippen molar-refractivity contribution in [2.24, 2.45) is 10.7 Å². The van der Waals surface area contributed by atoms with Gasteiger partial charge in [0.15, 0.2) is 5.17 Å². The number of carbonyl (C=O) groups is 1. The highest BCUT2D eigenvalue weighted by Crippen LogP contribution is 2.02. The molecule has 0 aromatic heterocycles. The first-order valence-corrected chi connectivity index (χ1v) is 5.00. The van der Waals surface area contributed by atoms with Gasteiger partial charge in [0.1, 0.15) is 0 Å². The summed E-state index contributed by atoms with van der Waals surface area (Å²) in [6.07, 6.45) is 0. The van der Waals surface area contributed by atoms with Crippen molar-refractivity contribution < 1.29 is 4.79 Å². The third-order valence-electron chi connectivity index (χ3n) is 1.09. The first-order chi connectivity index (χ1) is 5.85. The van der Waals surface area contributed by atoms with Gasteiger partial charge in [-0.2, -0.15) is 0 Å². The van der Waals surface area contributed by atoms with Crippen LogP contribution in [0.4, 0.5) is 0 Å². The number of carbonyl (C=O) groups excluding carboxylic acids is 1. The molecule has 6 heteroatoms. The molecule has 3 N–H and O–H groups in total. The fourth-order valence-electron chi connectivity index (χ4n) is 0.658. The molecule has 0 aliphatic carbocycles. The molecule has 0 saturated carbocycles. The van der Waals surface area contributed by atoms with Crippen LogP contribution in [-0.4, -0.2) is 29.4 Å². The van der Waals surface area contributed by atoms with Crippen molar-refractivity contribution in [2.45, 2.75) is 26.3 Å². The number of nitrogens with two attached hydrogens (primary N) is 1. The number of amides is 1. The molecular weight excluding hydrogens is 222 g/mol. The summed E-state index contributed by atoms with van der Waals surface area (Å²) in [5, 5.41) is 3.26. The topological polar surface area (TPSA) is 67.5 Å². The molecule has 0 aliphatic rings. The van der Waals surface area contributed by atoms with Gasteiger partial charge in [-0.05, 0) is 20.8 Å². The van der Waals surface area contributed by atoms with Crippen molar-refractivity contribution in [1.82, 2.24) is 5.32 Å². The van der Waals surface area contributed by atoms with Crippen molar-refractivity contribution in [3.8, 4) is 0 Å². The Bertz CT molecular complexity index is 213. The molecule has 0 fully saturated rings. The largest absolute Gasteiger partial charge is 0.379 e. The number of nitrogens with one attached hydrogen (secondary N) is 1. The van der Waals surface area contributed by atoms with Gasteiger partial charge in [-0.1, -0.05) is 11.8 Å². The molecule has 0 aromatic carbocycles. The minimum absolute atomic E-state index is 0. The molecule has 14 heavy (non-hydrogen) atoms. The molecule has 1 amide bonds. The van der Waals surface area contributed by atoms with Crippen LogP contribution in [-0.2, 0) is 4.79 Å². The standard InChI is InChI=1S/C8H17N3OS.ClH/c1-8(2,3)11-6(12)5-13-7(9)10-4;/h5H2,1-4H3,(H2,9,10)(H,11,12);1H. The quantitative estimate of drug-likeness (QED) is 0.558. The van der Waals surface area contributed by atoms with Gasteiger partial charge >= 0.3 is 0 Å². The highest BCUT2D eigenvalue weighted by molar-refractivity contribution is 8.14. The maximum absolute atomic E-state index is 11.2. The van der Waals surface area contributed by atoms with Crippen LogP contribution in [0.3, 0.4) is 0 Å². The van der Waals surface area contributed by atoms with E-state index in [0.29, 0.717) is 10.9 Å². The fraction of sp³-hybridized carbons (Fsp3) is 0.750. The average molecular weight is 240 g/mol. The molecule has 0 aliphatic heterocycles. The van der Waals surface area contributed by atoms with Crippen molar-refractivity contribution >= 4 is 35.2 Å². The lowest BCUT2D eigenvalue weighted by atomic mass is 10.1. The van der Waals surface area contributed by atoms with Crippen LogP contribution in [0.1, 0.15) is 20.8 Å². The molecule has 0 spiro atoms. The van der Waals surface area contributed by atoms with Crippen LogP contribution >= 0.6 is 24.2 Å². The summed E-state index contributed by atoms with van der Waals surface area (Å²) in [6, 6.07) is 0. The summed E-state index contributed by atoms with van der Waals surface area (Å²) in [5.74, 6) is 0.296. The van der Waals surface area contributed by atoms with Crippen molar-refractivity contribution in [3.63, 3.8) is 0 Å². The number of hydrogen-bond acceptors (Lipinski definition) is 3. The molecule has 0 atom stereocenters. The van der Waals surface area contributed by atoms with Crippen LogP contribution in [0.25, 0.3) is 0 Å². The average Bonchev–Trinajstić information content (AvgIpc) is 1.97. The first-order valence-electron chi connectivity index (χ1n) is 4.01. The molecule has 0 saturated heterocycles. The van der Waals surface area contributed by atoms with Crippen LogP contribution in [0, 0.1) is 0 Å². The Hall–Kier alpha value is -0.420. The number of hydrogen-bond donors (Lipinski definition) is 2. The normalized spacial score (nSPS) is 11.9. The van der Waals surface area contributed by atoms with Gasteiger partial charge in [0.05, 0.1) is 5.75 Å². The number of thioether (sulfide) groups is 1. The molecule has 0 unspecified atom stereocenters. The number of amidine groups is 1. The predicted molar refractivity (Wildman–Crippen MR) is 65.1 cm³/mol. The maximum Gasteiger partial charge on any atom is 0.230 e. The monoisotopic (exact) mass is 239 g/mol. The molecule has 0 radical (unpaired) electrons. The van der Waals surface area contributed by atoms with E-state index in [2.05, 4.69) is 10.3 Å². The second kappa shape index (κ2) is 6.95. The number of rotatable bonds is 2. The summed E-state index contributed by atoms with van der Waals surface area (Å²) in [7, 11) is 1.60. The highest BCUT2D eigenvalue weighted by atomic mass is 35.5. The fourth-order valence-corrected chi connectivity index (χ4v) is 1.14. The third-order valence-corrected chi connectivity index (χ3v) is 1.97. The van der Waals surface area contributed by atoms with Gasteiger partial charge < -0.3 is 11.1 Å². The Labute approximate surface area is 95.5 Å². The Kier molecular flexibility index (Phi) is 7.96. The van der Waals surface area contributed by atoms with Gasteiger partial charge in [0.2, 0.25) is 5.91 Å². The zero-order valence-electron chi connectivity index (χ0n) is 8.96. The van der Waals surface area contributed by atoms with E-state index >= 15 is 0 Å². The van der Waals surface area contributed by atoms with E-state index in [1.165, 1.54) is 11.8 Å². The van der Waals surface area contributed by atoms with Gasteiger partial charge in [0, 0.05) is 12.6 Å². The maximum atomic E-state index is 11.2. The summed E-state index contributed by atoms with van der Waals surface area (Å²) < 4.78 is 0. The summed E-state index contributed by atoms with van der Waals surface area (Å²) in [5.41, 5.74) is 5.23. The van der Waals surface area contributed by atoms with Gasteiger partial charge in [-0.3, -0.25) is 9.79 Å². The molecule has 4 nitrogen and oxygen atoms in total. The molecule has 0 rings (SSSR count). The molecule has 84 valence electrons. The van der Waals surface area contributed by atoms with Crippen LogP contribution in [0.15, 0.2) is 4.99 Å². The Morgan fingerprint density at radius 2 is 2.00 bits per heavy atom. The summed E-state index contributed by atoms with van der Waals surface area (Å²) in [6.45, 7) is 5.81. The SMILES string of the molecule is CN=C(N)SCC(=O)NC(C)(C)C.Cl. The first kappa shape index (κ1) is 16.0. The second-order valence-electron chi connectivity index (χ2n) is 3.65. The van der Waals surface area contributed by atoms with Crippen LogP contribution in [0.5, 0.6) is 0 Å². The van der Waals surface area contributed by atoms with E-state index in [-0.39, 0.29) is 23.9 Å². The molecule has 0 aromatic rings. The van der Waals surface area contributed by atoms with E-state index in [1.807, 2.05) is 20.8 Å². The van der Waals surface area contributed by atoms with Crippen molar-refractivity contribution in [3.05, 3.63) is 0 Å². The second-order valence-corrected chi connectivity index (χ2v) is 4.64. The lowest BCUT2D eigenvalue weighted by molar-refractivity contribution is -0.119. The Morgan fingerprint density at radius 3 is 2.36 bits per heavy atom. The lowest BCUT2D eigenvalue weighted by Gasteiger charge is -2.20. The predicted octanol–water partition coefficient (Wildman–Crippen LogP) is 1.00.